The first-order chi connectivity index (χ1) is 7.82. The van der Waals surface area contributed by atoms with Crippen LogP contribution in [0.1, 0.15) is 17.3 Å². The van der Waals surface area contributed by atoms with E-state index in [1.54, 1.807) is 6.92 Å². The molecule has 0 radical (unpaired) electrons. The van der Waals surface area contributed by atoms with Crippen molar-refractivity contribution >= 4 is 34.8 Å². The van der Waals surface area contributed by atoms with Crippen LogP contribution in [0.15, 0.2) is 12.1 Å². The summed E-state index contributed by atoms with van der Waals surface area (Å²) in [4.78, 5) is 22.2. The summed E-state index contributed by atoms with van der Waals surface area (Å²) in [7, 11) is 0. The van der Waals surface area contributed by atoms with E-state index in [1.165, 1.54) is 12.1 Å². The van der Waals surface area contributed by atoms with Gasteiger partial charge >= 0.3 is 0 Å². The summed E-state index contributed by atoms with van der Waals surface area (Å²) in [5.41, 5.74) is 16.5. The van der Waals surface area contributed by atoms with Crippen molar-refractivity contribution in [2.45, 2.75) is 13.0 Å². The van der Waals surface area contributed by atoms with Gasteiger partial charge in [-0.3, -0.25) is 9.59 Å². The number of nitrogen functional groups attached to an aromatic ring is 1. The lowest BCUT2D eigenvalue weighted by Crippen LogP contribution is -2.33. The Bertz CT molecular complexity index is 476. The van der Waals surface area contributed by atoms with Crippen molar-refractivity contribution in [2.24, 2.45) is 11.5 Å². The Morgan fingerprint density at radius 1 is 1.35 bits per heavy atom. The fraction of sp³-hybridized carbons (Fsp3) is 0.200. The highest BCUT2D eigenvalue weighted by atomic mass is 35.5. The zero-order valence-electron chi connectivity index (χ0n) is 9.16. The molecule has 0 aliphatic heterocycles. The summed E-state index contributed by atoms with van der Waals surface area (Å²) in [6.07, 6.45) is 0. The van der Waals surface area contributed by atoms with Crippen LogP contribution in [0.4, 0.5) is 11.4 Å². The SMILES string of the molecule is CC(Nc1c(Cl)cc(N)cc1C(N)=O)C(N)=O. The molecule has 0 saturated heterocycles. The second-order valence-corrected chi connectivity index (χ2v) is 3.97. The topological polar surface area (TPSA) is 124 Å². The third-order valence-corrected chi connectivity index (χ3v) is 2.46. The molecule has 92 valence electrons. The largest absolute Gasteiger partial charge is 0.399 e. The van der Waals surface area contributed by atoms with E-state index in [2.05, 4.69) is 5.32 Å². The van der Waals surface area contributed by atoms with Crippen molar-refractivity contribution in [3.8, 4) is 0 Å². The summed E-state index contributed by atoms with van der Waals surface area (Å²) in [5, 5.41) is 2.92. The molecule has 0 spiro atoms. The number of anilines is 2. The highest BCUT2D eigenvalue weighted by molar-refractivity contribution is 6.34. The van der Waals surface area contributed by atoms with Crippen LogP contribution >= 0.6 is 11.6 Å². The van der Waals surface area contributed by atoms with Crippen LogP contribution in [-0.2, 0) is 4.79 Å². The van der Waals surface area contributed by atoms with Crippen LogP contribution in [0.2, 0.25) is 5.02 Å². The lowest BCUT2D eigenvalue weighted by atomic mass is 10.1. The molecule has 1 aromatic carbocycles. The van der Waals surface area contributed by atoms with E-state index in [9.17, 15) is 9.59 Å². The average molecular weight is 257 g/mol. The van der Waals surface area contributed by atoms with Gasteiger partial charge in [-0.2, -0.15) is 0 Å². The van der Waals surface area contributed by atoms with Gasteiger partial charge in [0.2, 0.25) is 5.91 Å². The Hall–Kier alpha value is -1.95. The molecular weight excluding hydrogens is 244 g/mol. The van der Waals surface area contributed by atoms with E-state index in [1.807, 2.05) is 0 Å². The Labute approximate surface area is 103 Å². The van der Waals surface area contributed by atoms with Gasteiger partial charge in [0, 0.05) is 5.69 Å². The number of halogens is 1. The third kappa shape index (κ3) is 3.01. The lowest BCUT2D eigenvalue weighted by molar-refractivity contribution is -0.118. The van der Waals surface area contributed by atoms with Gasteiger partial charge in [-0.15, -0.1) is 0 Å². The van der Waals surface area contributed by atoms with Crippen molar-refractivity contribution in [3.05, 3.63) is 22.7 Å². The highest BCUT2D eigenvalue weighted by Gasteiger charge is 2.17. The average Bonchev–Trinajstić information content (AvgIpc) is 2.20. The van der Waals surface area contributed by atoms with Gasteiger partial charge in [0.05, 0.1) is 16.3 Å². The van der Waals surface area contributed by atoms with E-state index in [4.69, 9.17) is 28.8 Å². The minimum Gasteiger partial charge on any atom is -0.399 e. The first kappa shape index (κ1) is 13.1. The Morgan fingerprint density at radius 3 is 2.41 bits per heavy atom. The number of hydrogen-bond donors (Lipinski definition) is 4. The molecule has 7 N–H and O–H groups in total. The van der Waals surface area contributed by atoms with Gasteiger partial charge in [0.25, 0.3) is 5.91 Å². The second kappa shape index (κ2) is 4.92. The smallest absolute Gasteiger partial charge is 0.250 e. The molecule has 6 nitrogen and oxygen atoms in total. The van der Waals surface area contributed by atoms with Crippen molar-refractivity contribution in [3.63, 3.8) is 0 Å². The van der Waals surface area contributed by atoms with Gasteiger partial charge in [-0.25, -0.2) is 0 Å². The maximum Gasteiger partial charge on any atom is 0.250 e. The molecule has 17 heavy (non-hydrogen) atoms. The number of benzene rings is 1. The number of hydrogen-bond acceptors (Lipinski definition) is 4. The molecule has 1 atom stereocenters. The summed E-state index contributed by atoms with van der Waals surface area (Å²) < 4.78 is 0. The van der Waals surface area contributed by atoms with Gasteiger partial charge in [-0.1, -0.05) is 11.6 Å². The number of primary amides is 2. The quantitative estimate of drug-likeness (QED) is 0.579. The molecule has 0 aromatic heterocycles. The van der Waals surface area contributed by atoms with E-state index in [0.29, 0.717) is 5.69 Å². The normalized spacial score (nSPS) is 11.9. The van der Waals surface area contributed by atoms with Crippen LogP contribution in [-0.4, -0.2) is 17.9 Å². The number of rotatable bonds is 4. The minimum absolute atomic E-state index is 0.114. The summed E-state index contributed by atoms with van der Waals surface area (Å²) >= 11 is 5.93. The molecule has 1 unspecified atom stereocenters. The number of carbonyl (C=O) groups excluding carboxylic acids is 2. The van der Waals surface area contributed by atoms with Gasteiger partial charge in [0.15, 0.2) is 0 Å². The second-order valence-electron chi connectivity index (χ2n) is 3.56. The molecule has 1 aromatic rings. The molecule has 0 fully saturated rings. The minimum atomic E-state index is -0.696. The molecule has 0 heterocycles. The fourth-order valence-electron chi connectivity index (χ4n) is 1.26. The predicted octanol–water partition coefficient (Wildman–Crippen LogP) is 0.307. The van der Waals surface area contributed by atoms with Gasteiger partial charge in [0.1, 0.15) is 6.04 Å². The molecule has 7 heteroatoms. The Balaban J connectivity index is 3.21. The summed E-state index contributed by atoms with van der Waals surface area (Å²) in [5.74, 6) is -1.27. The van der Waals surface area contributed by atoms with E-state index < -0.39 is 17.9 Å². The third-order valence-electron chi connectivity index (χ3n) is 2.17. The molecule has 0 saturated carbocycles. The first-order valence-electron chi connectivity index (χ1n) is 4.77. The zero-order chi connectivity index (χ0) is 13.2. The molecule has 0 bridgehead atoms. The van der Waals surface area contributed by atoms with E-state index >= 15 is 0 Å². The van der Waals surface area contributed by atoms with Crippen LogP contribution in [0.5, 0.6) is 0 Å². The maximum atomic E-state index is 11.2. The van der Waals surface area contributed by atoms with Crippen molar-refractivity contribution in [1.82, 2.24) is 0 Å². The van der Waals surface area contributed by atoms with Gasteiger partial charge in [-0.05, 0) is 19.1 Å². The Kier molecular flexibility index (Phi) is 3.80. The van der Waals surface area contributed by atoms with Crippen LogP contribution < -0.4 is 22.5 Å². The standard InChI is InChI=1S/C10H13ClN4O2/c1-4(9(13)16)15-8-6(10(14)17)2-5(12)3-7(8)11/h2-4,15H,12H2,1H3,(H2,13,16)(H2,14,17). The van der Waals surface area contributed by atoms with Crippen LogP contribution in [0.3, 0.4) is 0 Å². The summed E-state index contributed by atoms with van der Waals surface area (Å²) in [6, 6.07) is 2.14. The molecule has 2 amide bonds. The Morgan fingerprint density at radius 2 is 1.94 bits per heavy atom. The first-order valence-corrected chi connectivity index (χ1v) is 5.15. The monoisotopic (exact) mass is 256 g/mol. The fourth-order valence-corrected chi connectivity index (χ4v) is 1.54. The number of nitrogens with two attached hydrogens (primary N) is 3. The van der Waals surface area contributed by atoms with Crippen molar-refractivity contribution in [1.29, 1.82) is 0 Å². The van der Waals surface area contributed by atoms with Crippen molar-refractivity contribution in [2.75, 3.05) is 11.1 Å². The van der Waals surface area contributed by atoms with Gasteiger partial charge < -0.3 is 22.5 Å². The summed E-state index contributed by atoms with van der Waals surface area (Å²) in [6.45, 7) is 1.54. The molecular formula is C10H13ClN4O2. The maximum absolute atomic E-state index is 11.2. The molecule has 0 aliphatic carbocycles. The molecule has 0 aliphatic rings. The predicted molar refractivity (Wildman–Crippen MR) is 66.7 cm³/mol. The number of carbonyl (C=O) groups is 2. The number of amides is 2. The van der Waals surface area contributed by atoms with E-state index in [-0.39, 0.29) is 16.3 Å². The molecule has 1 rings (SSSR count). The zero-order valence-corrected chi connectivity index (χ0v) is 9.91. The highest BCUT2D eigenvalue weighted by Crippen LogP contribution is 2.29. The lowest BCUT2D eigenvalue weighted by Gasteiger charge is -2.16. The van der Waals surface area contributed by atoms with E-state index in [0.717, 1.165) is 0 Å². The van der Waals surface area contributed by atoms with Crippen molar-refractivity contribution < 1.29 is 9.59 Å². The van der Waals surface area contributed by atoms with Crippen LogP contribution in [0, 0.1) is 0 Å². The number of nitrogens with one attached hydrogen (secondary N) is 1. The van der Waals surface area contributed by atoms with Crippen LogP contribution in [0.25, 0.3) is 0 Å².